The Morgan fingerprint density at radius 1 is 1.18 bits per heavy atom. The molecule has 3 rings (SSSR count). The van der Waals surface area contributed by atoms with E-state index in [0.29, 0.717) is 18.5 Å². The number of nitrogens with two attached hydrogens (primary N) is 1. The average molecular weight is 452 g/mol. The summed E-state index contributed by atoms with van der Waals surface area (Å²) < 4.78 is 0. The number of carboxylic acid groups (broad SMARTS) is 1. The predicted molar refractivity (Wildman–Crippen MR) is 127 cm³/mol. The number of primary amides is 1. The van der Waals surface area contributed by atoms with Crippen LogP contribution in [-0.2, 0) is 21.4 Å². The lowest BCUT2D eigenvalue weighted by Gasteiger charge is -2.46. The van der Waals surface area contributed by atoms with E-state index in [1.54, 1.807) is 6.07 Å². The van der Waals surface area contributed by atoms with Crippen molar-refractivity contribution in [2.45, 2.75) is 32.1 Å². The summed E-state index contributed by atoms with van der Waals surface area (Å²) >= 11 is 0. The molecule has 0 saturated carbocycles. The number of piperidine rings is 1. The number of nitrogens with one attached hydrogen (secondary N) is 1. The van der Waals surface area contributed by atoms with Crippen molar-refractivity contribution in [3.05, 3.63) is 71.3 Å². The summed E-state index contributed by atoms with van der Waals surface area (Å²) in [6.45, 7) is 6.20. The zero-order chi connectivity index (χ0) is 24.0. The van der Waals surface area contributed by atoms with Crippen molar-refractivity contribution >= 4 is 17.8 Å². The van der Waals surface area contributed by atoms with Gasteiger partial charge in [0.1, 0.15) is 6.54 Å². The Morgan fingerprint density at radius 3 is 2.55 bits per heavy atom. The van der Waals surface area contributed by atoms with Crippen LogP contribution in [0.15, 0.2) is 54.6 Å². The van der Waals surface area contributed by atoms with E-state index in [0.717, 1.165) is 30.6 Å². The molecule has 33 heavy (non-hydrogen) atoms. The molecule has 176 valence electrons. The molecule has 1 aliphatic heterocycles. The Kier molecular flexibility index (Phi) is 7.87. The molecule has 1 saturated heterocycles. The zero-order valence-corrected chi connectivity index (χ0v) is 19.3. The summed E-state index contributed by atoms with van der Waals surface area (Å²) in [5.41, 5.74) is 8.04. The Labute approximate surface area is 195 Å². The number of carboxylic acids is 1. The van der Waals surface area contributed by atoms with Crippen LogP contribution in [0.4, 0.5) is 0 Å². The minimum Gasteiger partial charge on any atom is -0.480 e. The fourth-order valence-corrected chi connectivity index (χ4v) is 4.70. The number of amides is 2. The molecule has 0 unspecified atom stereocenters. The minimum absolute atomic E-state index is 0.109. The second kappa shape index (κ2) is 10.6. The van der Waals surface area contributed by atoms with Crippen molar-refractivity contribution in [2.75, 3.05) is 26.2 Å². The summed E-state index contributed by atoms with van der Waals surface area (Å²) in [4.78, 5) is 37.7. The van der Waals surface area contributed by atoms with Crippen LogP contribution in [0.5, 0.6) is 0 Å². The molecule has 1 aliphatic rings. The fourth-order valence-electron chi connectivity index (χ4n) is 4.70. The lowest BCUT2D eigenvalue weighted by atomic mass is 9.67. The Bertz CT molecular complexity index is 994. The maximum atomic E-state index is 12.8. The maximum Gasteiger partial charge on any atom is 0.322 e. The van der Waals surface area contributed by atoms with Gasteiger partial charge in [-0.05, 0) is 54.0 Å². The zero-order valence-electron chi connectivity index (χ0n) is 19.3. The average Bonchev–Trinajstić information content (AvgIpc) is 2.80. The first kappa shape index (κ1) is 24.5. The third-order valence-corrected chi connectivity index (χ3v) is 6.96. The second-order valence-electron chi connectivity index (χ2n) is 9.27. The molecule has 3 atom stereocenters. The van der Waals surface area contributed by atoms with Crippen molar-refractivity contribution < 1.29 is 19.5 Å². The number of benzene rings is 2. The Balaban J connectivity index is 1.71. The van der Waals surface area contributed by atoms with Gasteiger partial charge in [-0.15, -0.1) is 0 Å². The number of hydrogen-bond donors (Lipinski definition) is 3. The Morgan fingerprint density at radius 2 is 1.91 bits per heavy atom. The lowest BCUT2D eigenvalue weighted by Crippen LogP contribution is -2.50. The van der Waals surface area contributed by atoms with Crippen molar-refractivity contribution in [1.29, 1.82) is 0 Å². The SMILES string of the molecule is C[C@H]1CN(C[C@H](Cc2ccccc2)C(=O)NCC(=O)O)CC[C@@]1(C)c1cccc(C(N)=O)c1. The quantitative estimate of drug-likeness (QED) is 0.542. The van der Waals surface area contributed by atoms with Gasteiger partial charge in [-0.2, -0.15) is 0 Å². The van der Waals surface area contributed by atoms with E-state index in [2.05, 4.69) is 30.1 Å². The van der Waals surface area contributed by atoms with Crippen molar-refractivity contribution in [3.8, 4) is 0 Å². The van der Waals surface area contributed by atoms with Crippen LogP contribution in [0, 0.1) is 11.8 Å². The van der Waals surface area contributed by atoms with Crippen molar-refractivity contribution in [2.24, 2.45) is 17.6 Å². The monoisotopic (exact) mass is 451 g/mol. The van der Waals surface area contributed by atoms with Crippen LogP contribution in [0.2, 0.25) is 0 Å². The Hall–Kier alpha value is -3.19. The predicted octanol–water partition coefficient (Wildman–Crippen LogP) is 2.44. The number of hydrogen-bond acceptors (Lipinski definition) is 4. The van der Waals surface area contributed by atoms with Crippen LogP contribution in [0.3, 0.4) is 0 Å². The molecular weight excluding hydrogens is 418 g/mol. The van der Waals surface area contributed by atoms with Crippen LogP contribution in [0.1, 0.15) is 41.8 Å². The number of rotatable bonds is 9. The van der Waals surface area contributed by atoms with Crippen LogP contribution in [0.25, 0.3) is 0 Å². The van der Waals surface area contributed by atoms with Gasteiger partial charge in [0.15, 0.2) is 0 Å². The van der Waals surface area contributed by atoms with Gasteiger partial charge in [0, 0.05) is 18.7 Å². The smallest absolute Gasteiger partial charge is 0.322 e. The summed E-state index contributed by atoms with van der Waals surface area (Å²) in [7, 11) is 0. The first-order chi connectivity index (χ1) is 15.7. The van der Waals surface area contributed by atoms with Gasteiger partial charge in [-0.3, -0.25) is 14.4 Å². The first-order valence-electron chi connectivity index (χ1n) is 11.3. The molecule has 1 fully saturated rings. The van der Waals surface area contributed by atoms with E-state index in [1.807, 2.05) is 42.5 Å². The molecule has 0 aromatic heterocycles. The summed E-state index contributed by atoms with van der Waals surface area (Å²) in [5, 5.41) is 11.5. The summed E-state index contributed by atoms with van der Waals surface area (Å²) in [6.07, 6.45) is 1.43. The molecule has 0 bridgehead atoms. The highest BCUT2D eigenvalue weighted by atomic mass is 16.4. The molecule has 2 amide bonds. The molecule has 0 aliphatic carbocycles. The van der Waals surface area contributed by atoms with E-state index in [9.17, 15) is 14.4 Å². The van der Waals surface area contributed by atoms with E-state index in [1.165, 1.54) is 0 Å². The van der Waals surface area contributed by atoms with E-state index in [-0.39, 0.29) is 29.7 Å². The minimum atomic E-state index is -1.05. The second-order valence-corrected chi connectivity index (χ2v) is 9.27. The van der Waals surface area contributed by atoms with Gasteiger partial charge < -0.3 is 21.1 Å². The molecule has 7 heteroatoms. The third kappa shape index (κ3) is 6.20. The van der Waals surface area contributed by atoms with Gasteiger partial charge in [-0.25, -0.2) is 0 Å². The highest BCUT2D eigenvalue weighted by Crippen LogP contribution is 2.39. The molecular formula is C26H33N3O4. The van der Waals surface area contributed by atoms with Gasteiger partial charge in [0.25, 0.3) is 0 Å². The largest absolute Gasteiger partial charge is 0.480 e. The van der Waals surface area contributed by atoms with Gasteiger partial charge in [-0.1, -0.05) is 56.3 Å². The highest BCUT2D eigenvalue weighted by Gasteiger charge is 2.39. The van der Waals surface area contributed by atoms with E-state index in [4.69, 9.17) is 10.8 Å². The van der Waals surface area contributed by atoms with E-state index >= 15 is 0 Å². The highest BCUT2D eigenvalue weighted by molar-refractivity contribution is 5.93. The van der Waals surface area contributed by atoms with Crippen LogP contribution < -0.4 is 11.1 Å². The molecule has 2 aromatic rings. The maximum absolute atomic E-state index is 12.8. The fraction of sp³-hybridized carbons (Fsp3) is 0.423. The molecule has 1 heterocycles. The van der Waals surface area contributed by atoms with Gasteiger partial charge in [0.2, 0.25) is 11.8 Å². The summed E-state index contributed by atoms with van der Waals surface area (Å²) in [5.74, 6) is -1.78. The molecule has 4 N–H and O–H groups in total. The third-order valence-electron chi connectivity index (χ3n) is 6.96. The van der Waals surface area contributed by atoms with Crippen molar-refractivity contribution in [1.82, 2.24) is 10.2 Å². The standard InChI is InChI=1S/C26H33N3O4/c1-18-16-29(12-11-26(18,2)22-10-6-9-20(14-22)24(27)32)17-21(25(33)28-15-23(30)31)13-19-7-4-3-5-8-19/h3-10,14,18,21H,11-13,15-17H2,1-2H3,(H2,27,32)(H,28,33)(H,30,31)/t18-,21-,26+/m0/s1. The number of nitrogens with zero attached hydrogens (tertiary/aromatic N) is 1. The first-order valence-corrected chi connectivity index (χ1v) is 11.3. The molecule has 2 aromatic carbocycles. The number of carbonyl (C=O) groups excluding carboxylic acids is 2. The molecule has 0 spiro atoms. The number of carbonyl (C=O) groups is 3. The molecule has 7 nitrogen and oxygen atoms in total. The van der Waals surface area contributed by atoms with E-state index < -0.39 is 11.9 Å². The van der Waals surface area contributed by atoms with Gasteiger partial charge in [0.05, 0.1) is 5.92 Å². The molecule has 0 radical (unpaired) electrons. The van der Waals surface area contributed by atoms with Crippen molar-refractivity contribution in [3.63, 3.8) is 0 Å². The topological polar surface area (TPSA) is 113 Å². The lowest BCUT2D eigenvalue weighted by molar-refractivity contribution is -0.138. The van der Waals surface area contributed by atoms with Crippen LogP contribution >= 0.6 is 0 Å². The number of aliphatic carboxylic acids is 1. The van der Waals surface area contributed by atoms with Crippen LogP contribution in [-0.4, -0.2) is 54.0 Å². The number of likely N-dealkylation sites (tertiary alicyclic amines) is 1. The normalized spacial score (nSPS) is 21.8. The van der Waals surface area contributed by atoms with Gasteiger partial charge >= 0.3 is 5.97 Å². The summed E-state index contributed by atoms with van der Waals surface area (Å²) in [6, 6.07) is 17.3.